The van der Waals surface area contributed by atoms with Crippen LogP contribution in [0.2, 0.25) is 5.02 Å². The van der Waals surface area contributed by atoms with E-state index >= 15 is 0 Å². The van der Waals surface area contributed by atoms with E-state index in [-0.39, 0.29) is 27.4 Å². The van der Waals surface area contributed by atoms with Crippen LogP contribution in [0.3, 0.4) is 0 Å². The zero-order valence-electron chi connectivity index (χ0n) is 15.0. The number of benzene rings is 2. The SMILES string of the molecule is CCC[C@@H](C)NC(=O)c1ccc(Cl)c(S(=O)(=O)Nc2cccc(C)c2)c1. The Bertz CT molecular complexity index is 897. The predicted molar refractivity (Wildman–Crippen MR) is 105 cm³/mol. The molecule has 0 spiro atoms. The van der Waals surface area contributed by atoms with Crippen molar-refractivity contribution in [3.63, 3.8) is 0 Å². The van der Waals surface area contributed by atoms with Gasteiger partial charge in [-0.3, -0.25) is 9.52 Å². The number of hydrogen-bond acceptors (Lipinski definition) is 3. The summed E-state index contributed by atoms with van der Waals surface area (Å²) in [4.78, 5) is 12.2. The minimum atomic E-state index is -3.92. The summed E-state index contributed by atoms with van der Waals surface area (Å²) in [5.41, 5.74) is 1.61. The molecule has 1 amide bonds. The van der Waals surface area contributed by atoms with Gasteiger partial charge in [0.1, 0.15) is 4.90 Å². The third-order valence-corrected chi connectivity index (χ3v) is 5.72. The minimum Gasteiger partial charge on any atom is -0.350 e. The Labute approximate surface area is 159 Å². The number of anilines is 1. The first-order valence-corrected chi connectivity index (χ1v) is 10.3. The van der Waals surface area contributed by atoms with Gasteiger partial charge in [-0.1, -0.05) is 37.1 Å². The van der Waals surface area contributed by atoms with E-state index in [0.717, 1.165) is 18.4 Å². The van der Waals surface area contributed by atoms with Crippen LogP contribution in [0.15, 0.2) is 47.4 Å². The number of sulfonamides is 1. The lowest BCUT2D eigenvalue weighted by atomic mass is 10.1. The number of rotatable bonds is 7. The first kappa shape index (κ1) is 20.3. The molecule has 0 saturated heterocycles. The van der Waals surface area contributed by atoms with E-state index in [2.05, 4.69) is 10.0 Å². The highest BCUT2D eigenvalue weighted by Crippen LogP contribution is 2.25. The first-order chi connectivity index (χ1) is 12.2. The molecule has 2 N–H and O–H groups in total. The van der Waals surface area contributed by atoms with Crippen LogP contribution in [0.25, 0.3) is 0 Å². The van der Waals surface area contributed by atoms with Crippen LogP contribution in [0.4, 0.5) is 5.69 Å². The summed E-state index contributed by atoms with van der Waals surface area (Å²) in [7, 11) is -3.92. The van der Waals surface area contributed by atoms with Gasteiger partial charge in [-0.2, -0.15) is 0 Å². The van der Waals surface area contributed by atoms with Crippen molar-refractivity contribution in [3.05, 3.63) is 58.6 Å². The second kappa shape index (κ2) is 8.56. The Hall–Kier alpha value is -2.05. The summed E-state index contributed by atoms with van der Waals surface area (Å²) >= 11 is 6.09. The van der Waals surface area contributed by atoms with Crippen molar-refractivity contribution < 1.29 is 13.2 Å². The average Bonchev–Trinajstić information content (AvgIpc) is 2.54. The second-order valence-corrected chi connectivity index (χ2v) is 8.34. The fourth-order valence-electron chi connectivity index (χ4n) is 2.58. The van der Waals surface area contributed by atoms with E-state index in [1.807, 2.05) is 26.8 Å². The van der Waals surface area contributed by atoms with Crippen LogP contribution in [-0.4, -0.2) is 20.4 Å². The Morgan fingerprint density at radius 2 is 1.92 bits per heavy atom. The Balaban J connectivity index is 2.29. The van der Waals surface area contributed by atoms with Gasteiger partial charge in [0.15, 0.2) is 0 Å². The molecule has 2 aromatic carbocycles. The van der Waals surface area contributed by atoms with Crippen LogP contribution in [-0.2, 0) is 10.0 Å². The number of amides is 1. The van der Waals surface area contributed by atoms with E-state index in [1.165, 1.54) is 18.2 Å². The molecule has 5 nitrogen and oxygen atoms in total. The molecular weight excluding hydrogens is 372 g/mol. The van der Waals surface area contributed by atoms with Crippen molar-refractivity contribution in [2.24, 2.45) is 0 Å². The zero-order chi connectivity index (χ0) is 19.3. The third-order valence-electron chi connectivity index (χ3n) is 3.85. The molecule has 2 aromatic rings. The smallest absolute Gasteiger partial charge is 0.263 e. The van der Waals surface area contributed by atoms with Crippen molar-refractivity contribution in [2.45, 2.75) is 44.6 Å². The van der Waals surface area contributed by atoms with Crippen LogP contribution in [0.5, 0.6) is 0 Å². The molecule has 1 atom stereocenters. The number of hydrogen-bond donors (Lipinski definition) is 2. The molecule has 0 radical (unpaired) electrons. The molecular formula is C19H23ClN2O3S. The molecule has 0 aliphatic carbocycles. The number of halogens is 1. The Morgan fingerprint density at radius 3 is 2.58 bits per heavy atom. The van der Waals surface area contributed by atoms with E-state index in [9.17, 15) is 13.2 Å². The van der Waals surface area contributed by atoms with Gasteiger partial charge < -0.3 is 5.32 Å². The highest BCUT2D eigenvalue weighted by molar-refractivity contribution is 7.92. The van der Waals surface area contributed by atoms with Crippen molar-refractivity contribution in [2.75, 3.05) is 4.72 Å². The molecule has 0 fully saturated rings. The first-order valence-electron chi connectivity index (χ1n) is 8.43. The number of carbonyl (C=O) groups is 1. The maximum absolute atomic E-state index is 12.7. The summed E-state index contributed by atoms with van der Waals surface area (Å²) < 4.78 is 27.9. The summed E-state index contributed by atoms with van der Waals surface area (Å²) in [6.07, 6.45) is 1.79. The quantitative estimate of drug-likeness (QED) is 0.732. The zero-order valence-corrected chi connectivity index (χ0v) is 16.6. The Kier molecular flexibility index (Phi) is 6.67. The second-order valence-electron chi connectivity index (χ2n) is 6.28. The monoisotopic (exact) mass is 394 g/mol. The summed E-state index contributed by atoms with van der Waals surface area (Å²) in [6.45, 7) is 5.81. The van der Waals surface area contributed by atoms with Gasteiger partial charge in [0.2, 0.25) is 0 Å². The van der Waals surface area contributed by atoms with Crippen molar-refractivity contribution in [1.82, 2.24) is 5.32 Å². The van der Waals surface area contributed by atoms with Gasteiger partial charge in [-0.05, 0) is 56.2 Å². The van der Waals surface area contributed by atoms with Gasteiger partial charge in [-0.15, -0.1) is 0 Å². The summed E-state index contributed by atoms with van der Waals surface area (Å²) in [6, 6.07) is 11.2. The molecule has 0 aliphatic rings. The molecule has 140 valence electrons. The average molecular weight is 395 g/mol. The highest BCUT2D eigenvalue weighted by Gasteiger charge is 2.21. The molecule has 0 saturated carbocycles. The largest absolute Gasteiger partial charge is 0.350 e. The van der Waals surface area contributed by atoms with Gasteiger partial charge in [0.25, 0.3) is 15.9 Å². The molecule has 0 aliphatic heterocycles. The fraction of sp³-hybridized carbons (Fsp3) is 0.316. The van der Waals surface area contributed by atoms with Gasteiger partial charge >= 0.3 is 0 Å². The maximum atomic E-state index is 12.7. The molecule has 2 rings (SSSR count). The van der Waals surface area contributed by atoms with E-state index in [0.29, 0.717) is 5.69 Å². The third kappa shape index (κ3) is 5.22. The minimum absolute atomic E-state index is 0.00801. The van der Waals surface area contributed by atoms with Gasteiger partial charge in [0, 0.05) is 17.3 Å². The summed E-state index contributed by atoms with van der Waals surface area (Å²) in [5, 5.41) is 2.91. The predicted octanol–water partition coefficient (Wildman–Crippen LogP) is 4.37. The van der Waals surface area contributed by atoms with Crippen LogP contribution in [0.1, 0.15) is 42.6 Å². The van der Waals surface area contributed by atoms with Crippen LogP contribution >= 0.6 is 11.6 Å². The lowest BCUT2D eigenvalue weighted by molar-refractivity contribution is 0.0938. The van der Waals surface area contributed by atoms with E-state index < -0.39 is 10.0 Å². The number of carbonyl (C=O) groups excluding carboxylic acids is 1. The van der Waals surface area contributed by atoms with Gasteiger partial charge in [0.05, 0.1) is 5.02 Å². The topological polar surface area (TPSA) is 75.3 Å². The van der Waals surface area contributed by atoms with Crippen molar-refractivity contribution in [3.8, 4) is 0 Å². The van der Waals surface area contributed by atoms with Crippen LogP contribution < -0.4 is 10.0 Å². The number of nitrogens with one attached hydrogen (secondary N) is 2. The normalized spacial score (nSPS) is 12.5. The van der Waals surface area contributed by atoms with Crippen LogP contribution in [0, 0.1) is 6.92 Å². The van der Waals surface area contributed by atoms with E-state index in [1.54, 1.807) is 18.2 Å². The van der Waals surface area contributed by atoms with Crippen molar-refractivity contribution >= 4 is 33.2 Å². The highest BCUT2D eigenvalue weighted by atomic mass is 35.5. The molecule has 0 bridgehead atoms. The lowest BCUT2D eigenvalue weighted by Crippen LogP contribution is -2.32. The maximum Gasteiger partial charge on any atom is 0.263 e. The molecule has 0 unspecified atom stereocenters. The number of aryl methyl sites for hydroxylation is 1. The molecule has 7 heteroatoms. The molecule has 0 heterocycles. The van der Waals surface area contributed by atoms with E-state index in [4.69, 9.17) is 11.6 Å². The fourth-order valence-corrected chi connectivity index (χ4v) is 4.16. The molecule has 0 aromatic heterocycles. The standard InChI is InChI=1S/C19H23ClN2O3S/c1-4-6-14(3)21-19(23)15-9-10-17(20)18(12-15)26(24,25)22-16-8-5-7-13(2)11-16/h5,7-12,14,22H,4,6H2,1-3H3,(H,21,23)/t14-/m1/s1. The van der Waals surface area contributed by atoms with Crippen molar-refractivity contribution in [1.29, 1.82) is 0 Å². The van der Waals surface area contributed by atoms with Gasteiger partial charge in [-0.25, -0.2) is 8.42 Å². The molecule has 26 heavy (non-hydrogen) atoms. The Morgan fingerprint density at radius 1 is 1.19 bits per heavy atom. The lowest BCUT2D eigenvalue weighted by Gasteiger charge is -2.14. The summed E-state index contributed by atoms with van der Waals surface area (Å²) in [5.74, 6) is -0.324.